The minimum atomic E-state index is -4.22. The third-order valence-corrected chi connectivity index (χ3v) is 4.86. The van der Waals surface area contributed by atoms with Gasteiger partial charge in [0.1, 0.15) is 6.10 Å². The summed E-state index contributed by atoms with van der Waals surface area (Å²) in [5.74, 6) is 0. The van der Waals surface area contributed by atoms with E-state index in [0.717, 1.165) is 51.4 Å². The Morgan fingerprint density at radius 1 is 0.789 bits per heavy atom. The number of rotatable bonds is 3. The summed E-state index contributed by atoms with van der Waals surface area (Å²) in [6.45, 7) is 0. The van der Waals surface area contributed by atoms with Gasteiger partial charge >= 0.3 is 15.4 Å². The summed E-state index contributed by atoms with van der Waals surface area (Å²) in [6, 6.07) is 0. The smallest absolute Gasteiger partial charge is 0.449 e. The second-order valence-electron chi connectivity index (χ2n) is 5.44. The number of hydrogen-bond acceptors (Lipinski definition) is 5. The van der Waals surface area contributed by atoms with Gasteiger partial charge in [0.05, 0.1) is 6.10 Å². The normalized spacial score (nSPS) is 23.2. The lowest BCUT2D eigenvalue weighted by molar-refractivity contribution is 0.0877. The van der Waals surface area contributed by atoms with Gasteiger partial charge in [-0.25, -0.2) is 4.79 Å². The molecule has 2 aliphatic rings. The van der Waals surface area contributed by atoms with Crippen LogP contribution < -0.4 is 0 Å². The molecule has 19 heavy (non-hydrogen) atoms. The van der Waals surface area contributed by atoms with Crippen molar-refractivity contribution in [2.45, 2.75) is 76.4 Å². The Bertz CT molecular complexity index is 391. The van der Waals surface area contributed by atoms with Crippen LogP contribution in [0.4, 0.5) is 4.79 Å². The second-order valence-corrected chi connectivity index (χ2v) is 6.87. The first-order valence-electron chi connectivity index (χ1n) is 7.22. The van der Waals surface area contributed by atoms with E-state index in [-0.39, 0.29) is 12.2 Å². The molecule has 0 radical (unpaired) electrons. The minimum absolute atomic E-state index is 0.258. The van der Waals surface area contributed by atoms with Crippen molar-refractivity contribution < 1.29 is 22.1 Å². The van der Waals surface area contributed by atoms with Crippen molar-refractivity contribution in [2.75, 3.05) is 0 Å². The molecule has 0 amide bonds. The molecule has 5 nitrogen and oxygen atoms in total. The predicted octanol–water partition coefficient (Wildman–Crippen LogP) is 3.13. The molecule has 0 atom stereocenters. The molecule has 110 valence electrons. The molecule has 0 aromatic carbocycles. The lowest BCUT2D eigenvalue weighted by Crippen LogP contribution is -2.30. The Kier molecular flexibility index (Phi) is 5.21. The molecule has 0 spiro atoms. The Labute approximate surface area is 114 Å². The van der Waals surface area contributed by atoms with Gasteiger partial charge in [0, 0.05) is 0 Å². The Hall–Kier alpha value is -0.620. The van der Waals surface area contributed by atoms with Crippen LogP contribution in [-0.4, -0.2) is 25.9 Å². The van der Waals surface area contributed by atoms with E-state index in [1.54, 1.807) is 0 Å². The molecule has 0 unspecified atom stereocenters. The van der Waals surface area contributed by atoms with Gasteiger partial charge in [0.25, 0.3) is 0 Å². The predicted molar refractivity (Wildman–Crippen MR) is 70.2 cm³/mol. The van der Waals surface area contributed by atoms with Gasteiger partial charge in [-0.1, -0.05) is 25.7 Å². The van der Waals surface area contributed by atoms with Crippen LogP contribution >= 0.6 is 0 Å². The maximum Gasteiger partial charge on any atom is 0.452 e. The van der Waals surface area contributed by atoms with Crippen LogP contribution in [0.2, 0.25) is 0 Å². The first-order valence-corrected chi connectivity index (χ1v) is 8.63. The average molecular weight is 290 g/mol. The highest BCUT2D eigenvalue weighted by Gasteiger charge is 2.32. The molecular weight excluding hydrogens is 268 g/mol. The van der Waals surface area contributed by atoms with E-state index < -0.39 is 15.4 Å². The van der Waals surface area contributed by atoms with E-state index in [4.69, 9.17) is 8.92 Å². The summed E-state index contributed by atoms with van der Waals surface area (Å²) in [5.41, 5.74) is 0. The van der Waals surface area contributed by atoms with E-state index in [0.29, 0.717) is 12.8 Å². The molecule has 0 N–H and O–H groups in total. The highest BCUT2D eigenvalue weighted by atomic mass is 32.2. The first kappa shape index (κ1) is 14.8. The minimum Gasteiger partial charge on any atom is -0.449 e. The van der Waals surface area contributed by atoms with Crippen LogP contribution in [0.25, 0.3) is 0 Å². The summed E-state index contributed by atoms with van der Waals surface area (Å²) >= 11 is 0. The van der Waals surface area contributed by atoms with Gasteiger partial charge in [-0.3, -0.25) is 4.18 Å². The van der Waals surface area contributed by atoms with Crippen LogP contribution in [-0.2, 0) is 19.0 Å². The van der Waals surface area contributed by atoms with Crippen LogP contribution in [0.3, 0.4) is 0 Å². The zero-order valence-corrected chi connectivity index (χ0v) is 12.0. The zero-order chi connectivity index (χ0) is 13.7. The summed E-state index contributed by atoms with van der Waals surface area (Å²) < 4.78 is 33.6. The quantitative estimate of drug-likeness (QED) is 0.590. The van der Waals surface area contributed by atoms with Gasteiger partial charge in [0.15, 0.2) is 0 Å². The molecule has 2 rings (SSSR count). The fourth-order valence-corrected chi connectivity index (χ4v) is 3.64. The second kappa shape index (κ2) is 6.70. The van der Waals surface area contributed by atoms with Crippen molar-refractivity contribution in [3.63, 3.8) is 0 Å². The third kappa shape index (κ3) is 4.45. The lowest BCUT2D eigenvalue weighted by Gasteiger charge is -2.23. The first-order chi connectivity index (χ1) is 9.08. The number of ether oxygens (including phenoxy) is 1. The van der Waals surface area contributed by atoms with Gasteiger partial charge in [0.2, 0.25) is 0 Å². The van der Waals surface area contributed by atoms with Crippen LogP contribution in [0.15, 0.2) is 0 Å². The van der Waals surface area contributed by atoms with E-state index in [9.17, 15) is 13.2 Å². The molecule has 6 heteroatoms. The fourth-order valence-electron chi connectivity index (χ4n) is 2.76. The van der Waals surface area contributed by atoms with Crippen molar-refractivity contribution in [1.29, 1.82) is 0 Å². The monoisotopic (exact) mass is 290 g/mol. The Morgan fingerprint density at radius 3 is 1.79 bits per heavy atom. The number of carbonyl (C=O) groups is 1. The van der Waals surface area contributed by atoms with E-state index in [1.165, 1.54) is 0 Å². The molecule has 0 bridgehead atoms. The van der Waals surface area contributed by atoms with E-state index >= 15 is 0 Å². The summed E-state index contributed by atoms with van der Waals surface area (Å²) in [4.78, 5) is 11.7. The standard InChI is InChI=1S/C13H22O5S/c14-13(17-11-7-3-1-4-8-11)19(15,16)18-12-9-5-2-6-10-12/h11-12H,1-10H2. The molecule has 0 aromatic heterocycles. The fraction of sp³-hybridized carbons (Fsp3) is 0.923. The summed E-state index contributed by atoms with van der Waals surface area (Å²) in [6.07, 6.45) is 8.43. The number of carbonyl (C=O) groups excluding carboxylic acids is 1. The van der Waals surface area contributed by atoms with Gasteiger partial charge in [-0.2, -0.15) is 8.42 Å². The maximum absolute atomic E-state index is 11.8. The van der Waals surface area contributed by atoms with E-state index in [2.05, 4.69) is 0 Å². The summed E-state index contributed by atoms with van der Waals surface area (Å²) in [7, 11) is -4.22. The topological polar surface area (TPSA) is 69.7 Å². The van der Waals surface area contributed by atoms with E-state index in [1.807, 2.05) is 0 Å². The number of hydrogen-bond donors (Lipinski definition) is 0. The summed E-state index contributed by atoms with van der Waals surface area (Å²) in [5, 5.41) is -1.20. The molecule has 2 fully saturated rings. The Morgan fingerprint density at radius 2 is 1.26 bits per heavy atom. The van der Waals surface area contributed by atoms with Crippen molar-refractivity contribution >= 4 is 15.4 Å². The van der Waals surface area contributed by atoms with Crippen LogP contribution in [0.1, 0.15) is 64.2 Å². The van der Waals surface area contributed by atoms with Crippen molar-refractivity contribution in [1.82, 2.24) is 0 Å². The third-order valence-electron chi connectivity index (χ3n) is 3.83. The van der Waals surface area contributed by atoms with Crippen LogP contribution in [0.5, 0.6) is 0 Å². The van der Waals surface area contributed by atoms with Gasteiger partial charge in [-0.05, 0) is 38.5 Å². The Balaban J connectivity index is 1.85. The van der Waals surface area contributed by atoms with Crippen LogP contribution in [0, 0.1) is 0 Å². The molecule has 0 aromatic rings. The molecular formula is C13H22O5S. The van der Waals surface area contributed by atoms with Gasteiger partial charge in [-0.15, -0.1) is 0 Å². The lowest BCUT2D eigenvalue weighted by atomic mass is 9.98. The molecule has 2 saturated carbocycles. The van der Waals surface area contributed by atoms with Crippen molar-refractivity contribution in [3.8, 4) is 0 Å². The zero-order valence-electron chi connectivity index (χ0n) is 11.2. The molecule has 0 saturated heterocycles. The molecule has 0 aliphatic heterocycles. The van der Waals surface area contributed by atoms with Crippen molar-refractivity contribution in [3.05, 3.63) is 0 Å². The maximum atomic E-state index is 11.8. The van der Waals surface area contributed by atoms with Crippen molar-refractivity contribution in [2.24, 2.45) is 0 Å². The highest BCUT2D eigenvalue weighted by Crippen LogP contribution is 2.24. The molecule has 0 heterocycles. The SMILES string of the molecule is O=C(OC1CCCCC1)S(=O)(=O)OC1CCCCC1. The highest BCUT2D eigenvalue weighted by molar-refractivity contribution is 8.01. The molecule has 2 aliphatic carbocycles. The largest absolute Gasteiger partial charge is 0.452 e. The van der Waals surface area contributed by atoms with Gasteiger partial charge < -0.3 is 4.74 Å². The average Bonchev–Trinajstić information content (AvgIpc) is 2.40.